The average molecular weight is 269 g/mol. The van der Waals surface area contributed by atoms with Gasteiger partial charge in [-0.05, 0) is 19.1 Å². The topological polar surface area (TPSA) is 62.3 Å². The molecule has 1 unspecified atom stereocenters. The molecule has 5 nitrogen and oxygen atoms in total. The van der Waals surface area contributed by atoms with E-state index in [0.29, 0.717) is 24.5 Å². The molecule has 0 saturated carbocycles. The number of hydrogen-bond donors (Lipinski definition) is 1. The molecule has 3 rings (SSSR count). The molecular weight excluding hydrogens is 254 g/mol. The van der Waals surface area contributed by atoms with Gasteiger partial charge in [0.1, 0.15) is 11.9 Å². The first-order valence-corrected chi connectivity index (χ1v) is 6.60. The maximum Gasteiger partial charge on any atom is 0.242 e. The van der Waals surface area contributed by atoms with Crippen LogP contribution in [0.3, 0.4) is 0 Å². The Morgan fingerprint density at radius 1 is 1.40 bits per heavy atom. The predicted molar refractivity (Wildman–Crippen MR) is 76.9 cm³/mol. The van der Waals surface area contributed by atoms with E-state index in [0.717, 1.165) is 17.2 Å². The number of benzene rings is 1. The van der Waals surface area contributed by atoms with Crippen LogP contribution in [0.4, 0.5) is 5.82 Å². The molecule has 1 saturated heterocycles. The molecule has 1 aliphatic heterocycles. The van der Waals surface area contributed by atoms with E-state index in [1.165, 1.54) is 0 Å². The molecule has 5 heteroatoms. The summed E-state index contributed by atoms with van der Waals surface area (Å²) in [6, 6.07) is 9.15. The largest absolute Gasteiger partial charge is 0.353 e. The highest BCUT2D eigenvalue weighted by atomic mass is 16.2. The number of aromatic nitrogens is 1. The van der Waals surface area contributed by atoms with Gasteiger partial charge in [0, 0.05) is 18.5 Å². The number of rotatable bonds is 2. The normalized spacial score (nSPS) is 18.9. The summed E-state index contributed by atoms with van der Waals surface area (Å²) in [6.45, 7) is 3.04. The Kier molecular flexibility index (Phi) is 3.10. The number of carbonyl (C=O) groups excluding carboxylic acids is 2. The van der Waals surface area contributed by atoms with Crippen molar-refractivity contribution in [3.8, 4) is 0 Å². The van der Waals surface area contributed by atoms with Crippen LogP contribution in [0.5, 0.6) is 0 Å². The van der Waals surface area contributed by atoms with Crippen molar-refractivity contribution >= 4 is 28.9 Å². The SMILES string of the molecule is CC1C(=O)NCCN1c1nc2ccccc2cc1C=O. The van der Waals surface area contributed by atoms with Gasteiger partial charge in [0.15, 0.2) is 6.29 Å². The minimum atomic E-state index is -0.323. The Hall–Kier alpha value is -2.43. The molecule has 102 valence electrons. The molecule has 0 aliphatic carbocycles. The highest BCUT2D eigenvalue weighted by Crippen LogP contribution is 2.24. The Morgan fingerprint density at radius 3 is 3.00 bits per heavy atom. The molecule has 1 fully saturated rings. The average Bonchev–Trinajstić information content (AvgIpc) is 2.48. The highest BCUT2D eigenvalue weighted by Gasteiger charge is 2.28. The van der Waals surface area contributed by atoms with Gasteiger partial charge in [0.05, 0.1) is 11.1 Å². The van der Waals surface area contributed by atoms with E-state index < -0.39 is 0 Å². The number of nitrogens with one attached hydrogen (secondary N) is 1. The van der Waals surface area contributed by atoms with E-state index in [1.807, 2.05) is 42.2 Å². The summed E-state index contributed by atoms with van der Waals surface area (Å²) in [5.41, 5.74) is 1.34. The van der Waals surface area contributed by atoms with Crippen LogP contribution in [-0.4, -0.2) is 36.3 Å². The van der Waals surface area contributed by atoms with E-state index in [9.17, 15) is 9.59 Å². The summed E-state index contributed by atoms with van der Waals surface area (Å²) < 4.78 is 0. The Labute approximate surface area is 116 Å². The zero-order valence-electron chi connectivity index (χ0n) is 11.2. The van der Waals surface area contributed by atoms with Crippen molar-refractivity contribution in [1.82, 2.24) is 10.3 Å². The van der Waals surface area contributed by atoms with E-state index in [4.69, 9.17) is 0 Å². The maximum atomic E-state index is 11.8. The van der Waals surface area contributed by atoms with Crippen molar-refractivity contribution in [2.24, 2.45) is 0 Å². The molecule has 1 amide bonds. The minimum Gasteiger partial charge on any atom is -0.353 e. The molecule has 1 N–H and O–H groups in total. The summed E-state index contributed by atoms with van der Waals surface area (Å²) in [5.74, 6) is 0.545. The lowest BCUT2D eigenvalue weighted by atomic mass is 10.1. The molecule has 1 aromatic heterocycles. The Morgan fingerprint density at radius 2 is 2.20 bits per heavy atom. The quantitative estimate of drug-likeness (QED) is 0.836. The first kappa shape index (κ1) is 12.6. The van der Waals surface area contributed by atoms with Gasteiger partial charge >= 0.3 is 0 Å². The fourth-order valence-corrected chi connectivity index (χ4v) is 2.51. The van der Waals surface area contributed by atoms with Gasteiger partial charge in [0.2, 0.25) is 5.91 Å². The van der Waals surface area contributed by atoms with Crippen molar-refractivity contribution in [2.75, 3.05) is 18.0 Å². The molecule has 2 heterocycles. The van der Waals surface area contributed by atoms with Crippen LogP contribution in [0, 0.1) is 0 Å². The Balaban J connectivity index is 2.14. The number of aldehydes is 1. The molecular formula is C15H15N3O2. The first-order valence-electron chi connectivity index (χ1n) is 6.60. The summed E-state index contributed by atoms with van der Waals surface area (Å²) in [7, 11) is 0. The van der Waals surface area contributed by atoms with Crippen LogP contribution in [0.2, 0.25) is 0 Å². The molecule has 0 spiro atoms. The van der Waals surface area contributed by atoms with Crippen LogP contribution in [-0.2, 0) is 4.79 Å². The van der Waals surface area contributed by atoms with Crippen LogP contribution in [0.1, 0.15) is 17.3 Å². The van der Waals surface area contributed by atoms with Crippen LogP contribution in [0.25, 0.3) is 10.9 Å². The van der Waals surface area contributed by atoms with E-state index in [1.54, 1.807) is 0 Å². The van der Waals surface area contributed by atoms with Gasteiger partial charge < -0.3 is 10.2 Å². The number of anilines is 1. The van der Waals surface area contributed by atoms with Gasteiger partial charge in [-0.15, -0.1) is 0 Å². The zero-order chi connectivity index (χ0) is 14.1. The molecule has 1 aromatic carbocycles. The maximum absolute atomic E-state index is 11.8. The van der Waals surface area contributed by atoms with Gasteiger partial charge in [-0.25, -0.2) is 4.98 Å². The highest BCUT2D eigenvalue weighted by molar-refractivity contribution is 5.94. The van der Waals surface area contributed by atoms with E-state index in [-0.39, 0.29) is 11.9 Å². The Bertz CT molecular complexity index is 684. The number of para-hydroxylation sites is 1. The number of pyridine rings is 1. The van der Waals surface area contributed by atoms with Crippen molar-refractivity contribution in [2.45, 2.75) is 13.0 Å². The standard InChI is InChI=1S/C15H15N3O2/c1-10-15(20)16-6-7-18(10)14-12(9-19)8-11-4-2-3-5-13(11)17-14/h2-5,8-10H,6-7H2,1H3,(H,16,20). The number of amides is 1. The fourth-order valence-electron chi connectivity index (χ4n) is 2.51. The summed E-state index contributed by atoms with van der Waals surface area (Å²) in [4.78, 5) is 29.6. The minimum absolute atomic E-state index is 0.0388. The molecule has 0 bridgehead atoms. The smallest absolute Gasteiger partial charge is 0.242 e. The second-order valence-electron chi connectivity index (χ2n) is 4.87. The van der Waals surface area contributed by atoms with Crippen molar-refractivity contribution < 1.29 is 9.59 Å². The lowest BCUT2D eigenvalue weighted by Crippen LogP contribution is -2.54. The van der Waals surface area contributed by atoms with Crippen LogP contribution in [0.15, 0.2) is 30.3 Å². The third-order valence-electron chi connectivity index (χ3n) is 3.63. The van der Waals surface area contributed by atoms with Gasteiger partial charge in [0.25, 0.3) is 0 Å². The third-order valence-corrected chi connectivity index (χ3v) is 3.63. The molecule has 20 heavy (non-hydrogen) atoms. The van der Waals surface area contributed by atoms with Crippen molar-refractivity contribution in [3.63, 3.8) is 0 Å². The van der Waals surface area contributed by atoms with Gasteiger partial charge in [-0.2, -0.15) is 0 Å². The number of carbonyl (C=O) groups is 2. The molecule has 1 atom stereocenters. The lowest BCUT2D eigenvalue weighted by Gasteiger charge is -2.34. The molecule has 2 aromatic rings. The second-order valence-corrected chi connectivity index (χ2v) is 4.87. The lowest BCUT2D eigenvalue weighted by molar-refractivity contribution is -0.122. The molecule has 1 aliphatic rings. The van der Waals surface area contributed by atoms with Gasteiger partial charge in [-0.3, -0.25) is 9.59 Å². The third kappa shape index (κ3) is 2.01. The number of hydrogen-bond acceptors (Lipinski definition) is 4. The second kappa shape index (κ2) is 4.92. The summed E-state index contributed by atoms with van der Waals surface area (Å²) >= 11 is 0. The van der Waals surface area contributed by atoms with Crippen molar-refractivity contribution in [1.29, 1.82) is 0 Å². The monoisotopic (exact) mass is 269 g/mol. The van der Waals surface area contributed by atoms with Crippen LogP contribution >= 0.6 is 0 Å². The molecule has 0 radical (unpaired) electrons. The van der Waals surface area contributed by atoms with Crippen molar-refractivity contribution in [3.05, 3.63) is 35.9 Å². The van der Waals surface area contributed by atoms with Crippen LogP contribution < -0.4 is 10.2 Å². The predicted octanol–water partition coefficient (Wildman–Crippen LogP) is 1.37. The fraction of sp³-hybridized carbons (Fsp3) is 0.267. The number of fused-ring (bicyclic) bond motifs is 1. The zero-order valence-corrected chi connectivity index (χ0v) is 11.2. The number of piperazine rings is 1. The van der Waals surface area contributed by atoms with Gasteiger partial charge in [-0.1, -0.05) is 18.2 Å². The first-order chi connectivity index (χ1) is 9.70. The summed E-state index contributed by atoms with van der Waals surface area (Å²) in [6.07, 6.45) is 0.800. The van der Waals surface area contributed by atoms with E-state index >= 15 is 0 Å². The van der Waals surface area contributed by atoms with E-state index in [2.05, 4.69) is 10.3 Å². The number of nitrogens with zero attached hydrogens (tertiary/aromatic N) is 2. The summed E-state index contributed by atoms with van der Waals surface area (Å²) in [5, 5.41) is 3.73.